The summed E-state index contributed by atoms with van der Waals surface area (Å²) in [7, 11) is 0. The highest BCUT2D eigenvalue weighted by atomic mass is 32.1. The monoisotopic (exact) mass is 471 g/mol. The molecule has 0 spiro atoms. The number of carbonyl (C=O) groups excluding carboxylic acids is 2. The first-order valence-electron chi connectivity index (χ1n) is 9.83. The Morgan fingerprint density at radius 3 is 2.48 bits per heavy atom. The molecule has 0 atom stereocenters. The molecular weight excluding hydrogens is 454 g/mol. The Labute approximate surface area is 198 Å². The number of esters is 1. The number of nitrogens with zero attached hydrogens (tertiary/aromatic N) is 2. The SMILES string of the molecule is Cc1ccc(C(=O)Oc2ccc(/C=C(\C#N)C(=O)Nc3nc(-c4cccs4)cs3)cc2)cc1. The van der Waals surface area contributed by atoms with E-state index < -0.39 is 11.9 Å². The molecule has 6 nitrogen and oxygen atoms in total. The van der Waals surface area contributed by atoms with Crippen molar-refractivity contribution in [3.63, 3.8) is 0 Å². The Morgan fingerprint density at radius 1 is 1.06 bits per heavy atom. The van der Waals surface area contributed by atoms with Crippen molar-refractivity contribution in [1.29, 1.82) is 5.26 Å². The van der Waals surface area contributed by atoms with Gasteiger partial charge in [0, 0.05) is 5.38 Å². The third-order valence-corrected chi connectivity index (χ3v) is 6.20. The van der Waals surface area contributed by atoms with E-state index >= 15 is 0 Å². The highest BCUT2D eigenvalue weighted by Gasteiger charge is 2.13. The molecule has 0 saturated carbocycles. The highest BCUT2D eigenvalue weighted by molar-refractivity contribution is 7.16. The lowest BCUT2D eigenvalue weighted by Crippen LogP contribution is -2.13. The number of thiazole rings is 1. The van der Waals surface area contributed by atoms with Crippen LogP contribution in [0.4, 0.5) is 5.13 Å². The number of nitrogens with one attached hydrogen (secondary N) is 1. The molecule has 4 aromatic rings. The molecule has 0 aliphatic heterocycles. The predicted octanol–water partition coefficient (Wildman–Crippen LogP) is 5.94. The number of ether oxygens (including phenoxy) is 1. The molecule has 2 aromatic carbocycles. The average molecular weight is 472 g/mol. The molecular formula is C25H17N3O3S2. The van der Waals surface area contributed by atoms with Gasteiger partial charge in [0.1, 0.15) is 17.4 Å². The summed E-state index contributed by atoms with van der Waals surface area (Å²) >= 11 is 2.86. The first-order chi connectivity index (χ1) is 16.0. The second-order valence-electron chi connectivity index (χ2n) is 6.96. The minimum absolute atomic E-state index is 0.0627. The number of hydrogen-bond acceptors (Lipinski definition) is 7. The van der Waals surface area contributed by atoms with Gasteiger partial charge in [-0.05, 0) is 54.3 Å². The van der Waals surface area contributed by atoms with Crippen LogP contribution in [0.2, 0.25) is 0 Å². The van der Waals surface area contributed by atoms with Gasteiger partial charge in [-0.3, -0.25) is 10.1 Å². The molecule has 1 N–H and O–H groups in total. The van der Waals surface area contributed by atoms with E-state index in [4.69, 9.17) is 4.74 Å². The van der Waals surface area contributed by atoms with Crippen LogP contribution in [-0.2, 0) is 4.79 Å². The number of rotatable bonds is 6. The van der Waals surface area contributed by atoms with E-state index in [0.29, 0.717) is 22.0 Å². The lowest BCUT2D eigenvalue weighted by molar-refractivity contribution is -0.112. The Kier molecular flexibility index (Phi) is 6.74. The lowest BCUT2D eigenvalue weighted by atomic mass is 10.1. The second kappa shape index (κ2) is 10.0. The first-order valence-corrected chi connectivity index (χ1v) is 11.6. The van der Waals surface area contributed by atoms with Crippen LogP contribution in [0, 0.1) is 18.3 Å². The van der Waals surface area contributed by atoms with Crippen LogP contribution in [0.15, 0.2) is 77.0 Å². The van der Waals surface area contributed by atoms with Crippen LogP contribution in [0.3, 0.4) is 0 Å². The molecule has 0 bridgehead atoms. The number of benzene rings is 2. The molecule has 0 fully saturated rings. The molecule has 33 heavy (non-hydrogen) atoms. The van der Waals surface area contributed by atoms with Gasteiger partial charge in [0.15, 0.2) is 5.13 Å². The fourth-order valence-corrected chi connectivity index (χ4v) is 4.30. The predicted molar refractivity (Wildman–Crippen MR) is 130 cm³/mol. The Balaban J connectivity index is 1.41. The number of amides is 1. The summed E-state index contributed by atoms with van der Waals surface area (Å²) in [5.74, 6) is -0.634. The minimum atomic E-state index is -0.542. The van der Waals surface area contributed by atoms with E-state index in [0.717, 1.165) is 16.1 Å². The van der Waals surface area contributed by atoms with Gasteiger partial charge in [-0.2, -0.15) is 5.26 Å². The van der Waals surface area contributed by atoms with Crippen molar-refractivity contribution in [1.82, 2.24) is 4.98 Å². The standard InChI is InChI=1S/C25H17N3O3S2/c1-16-4-8-18(9-5-16)24(30)31-20-10-6-17(7-11-20)13-19(14-26)23(29)28-25-27-21(15-33-25)22-3-2-12-32-22/h2-13,15H,1H3,(H,27,28,29)/b19-13+. The van der Waals surface area contributed by atoms with Gasteiger partial charge in [0.2, 0.25) is 0 Å². The third-order valence-electron chi connectivity index (χ3n) is 4.55. The number of anilines is 1. The smallest absolute Gasteiger partial charge is 0.343 e. The summed E-state index contributed by atoms with van der Waals surface area (Å²) in [5.41, 5.74) is 2.85. The molecule has 8 heteroatoms. The van der Waals surface area contributed by atoms with Gasteiger partial charge in [-0.1, -0.05) is 35.9 Å². The average Bonchev–Trinajstić information content (AvgIpc) is 3.51. The largest absolute Gasteiger partial charge is 0.423 e. The van der Waals surface area contributed by atoms with E-state index in [9.17, 15) is 14.9 Å². The molecule has 2 aromatic heterocycles. The lowest BCUT2D eigenvalue weighted by Gasteiger charge is -2.05. The molecule has 0 aliphatic rings. The zero-order valence-corrected chi connectivity index (χ0v) is 19.1. The summed E-state index contributed by atoms with van der Waals surface area (Å²) in [5, 5.41) is 16.3. The minimum Gasteiger partial charge on any atom is -0.423 e. The molecule has 0 saturated heterocycles. The van der Waals surface area contributed by atoms with Crippen molar-refractivity contribution in [3.8, 4) is 22.4 Å². The third kappa shape index (κ3) is 5.60. The van der Waals surface area contributed by atoms with Crippen molar-refractivity contribution in [2.24, 2.45) is 0 Å². The Hall–Kier alpha value is -4.06. The number of hydrogen-bond donors (Lipinski definition) is 1. The summed E-state index contributed by atoms with van der Waals surface area (Å²) in [6.45, 7) is 1.94. The molecule has 0 radical (unpaired) electrons. The number of carbonyl (C=O) groups is 2. The maximum Gasteiger partial charge on any atom is 0.343 e. The fourth-order valence-electron chi connectivity index (χ4n) is 2.84. The number of nitriles is 1. The van der Waals surface area contributed by atoms with Gasteiger partial charge in [-0.25, -0.2) is 9.78 Å². The maximum absolute atomic E-state index is 12.5. The van der Waals surface area contributed by atoms with Crippen LogP contribution in [-0.4, -0.2) is 16.9 Å². The zero-order valence-electron chi connectivity index (χ0n) is 17.4. The van der Waals surface area contributed by atoms with Crippen LogP contribution in [0.5, 0.6) is 5.75 Å². The molecule has 1 amide bonds. The topological polar surface area (TPSA) is 92.1 Å². The van der Waals surface area contributed by atoms with E-state index in [1.807, 2.05) is 48.0 Å². The van der Waals surface area contributed by atoms with Crippen molar-refractivity contribution in [2.75, 3.05) is 5.32 Å². The number of aromatic nitrogens is 1. The molecule has 0 unspecified atom stereocenters. The molecule has 0 aliphatic carbocycles. The molecule has 4 rings (SSSR count). The van der Waals surface area contributed by atoms with E-state index in [1.54, 1.807) is 47.7 Å². The van der Waals surface area contributed by atoms with Gasteiger partial charge in [-0.15, -0.1) is 22.7 Å². The van der Waals surface area contributed by atoms with Crippen molar-refractivity contribution < 1.29 is 14.3 Å². The van der Waals surface area contributed by atoms with Crippen LogP contribution in [0.1, 0.15) is 21.5 Å². The van der Waals surface area contributed by atoms with E-state index in [1.165, 1.54) is 17.4 Å². The molecule has 2 heterocycles. The highest BCUT2D eigenvalue weighted by Crippen LogP contribution is 2.28. The fraction of sp³-hybridized carbons (Fsp3) is 0.0400. The molecule has 162 valence electrons. The van der Waals surface area contributed by atoms with Crippen LogP contribution < -0.4 is 10.1 Å². The van der Waals surface area contributed by atoms with E-state index in [2.05, 4.69) is 10.3 Å². The normalized spacial score (nSPS) is 11.0. The second-order valence-corrected chi connectivity index (χ2v) is 8.77. The van der Waals surface area contributed by atoms with Crippen LogP contribution >= 0.6 is 22.7 Å². The summed E-state index contributed by atoms with van der Waals surface area (Å²) in [4.78, 5) is 30.2. The Morgan fingerprint density at radius 2 is 1.82 bits per heavy atom. The number of thiophene rings is 1. The van der Waals surface area contributed by atoms with Crippen molar-refractivity contribution in [3.05, 3.63) is 93.7 Å². The summed E-state index contributed by atoms with van der Waals surface area (Å²) < 4.78 is 5.38. The first kappa shape index (κ1) is 22.1. The quantitative estimate of drug-likeness (QED) is 0.162. The van der Waals surface area contributed by atoms with Gasteiger partial charge in [0.25, 0.3) is 5.91 Å². The van der Waals surface area contributed by atoms with Gasteiger partial charge < -0.3 is 4.74 Å². The van der Waals surface area contributed by atoms with Gasteiger partial charge >= 0.3 is 5.97 Å². The summed E-state index contributed by atoms with van der Waals surface area (Å²) in [6.07, 6.45) is 1.47. The maximum atomic E-state index is 12.5. The Bertz CT molecular complexity index is 1350. The number of aryl methyl sites for hydroxylation is 1. The summed E-state index contributed by atoms with van der Waals surface area (Å²) in [6, 6.07) is 19.5. The van der Waals surface area contributed by atoms with Crippen LogP contribution in [0.25, 0.3) is 16.6 Å². The van der Waals surface area contributed by atoms with Crippen molar-refractivity contribution in [2.45, 2.75) is 6.92 Å². The van der Waals surface area contributed by atoms with Crippen molar-refractivity contribution >= 4 is 45.8 Å². The zero-order chi connectivity index (χ0) is 23.2. The van der Waals surface area contributed by atoms with E-state index in [-0.39, 0.29) is 5.57 Å². The van der Waals surface area contributed by atoms with Gasteiger partial charge in [0.05, 0.1) is 16.1 Å².